The summed E-state index contributed by atoms with van der Waals surface area (Å²) < 4.78 is 23.4. The van der Waals surface area contributed by atoms with E-state index in [0.717, 1.165) is 15.6 Å². The highest BCUT2D eigenvalue weighted by atomic mass is 32.2. The molecule has 2 aromatic rings. The Morgan fingerprint density at radius 1 is 1.40 bits per heavy atom. The lowest BCUT2D eigenvalue weighted by Gasteiger charge is -1.98. The Hall–Kier alpha value is -1.07. The lowest BCUT2D eigenvalue weighted by molar-refractivity contribution is 0.601. The lowest BCUT2D eigenvalue weighted by atomic mass is 10.2. The van der Waals surface area contributed by atoms with Gasteiger partial charge < -0.3 is 5.73 Å². The molecule has 0 aliphatic carbocycles. The van der Waals surface area contributed by atoms with Crippen LogP contribution in [0.3, 0.4) is 0 Å². The van der Waals surface area contributed by atoms with Crippen molar-refractivity contribution >= 4 is 36.9 Å². The van der Waals surface area contributed by atoms with Crippen LogP contribution in [0.15, 0.2) is 23.6 Å². The van der Waals surface area contributed by atoms with Gasteiger partial charge in [-0.15, -0.1) is 11.3 Å². The fraction of sp³-hybridized carbons (Fsp3) is 0.200. The number of hydrogen-bond acceptors (Lipinski definition) is 4. The van der Waals surface area contributed by atoms with Crippen LogP contribution < -0.4 is 5.73 Å². The number of anilines is 1. The summed E-state index contributed by atoms with van der Waals surface area (Å²) in [4.78, 5) is 0. The number of rotatable bonds is 2. The Bertz CT molecular complexity index is 599. The summed E-state index contributed by atoms with van der Waals surface area (Å²) in [5.41, 5.74) is 7.34. The summed E-state index contributed by atoms with van der Waals surface area (Å²) in [6.07, 6.45) is 1.24. The summed E-state index contributed by atoms with van der Waals surface area (Å²) in [7, 11) is -2.99. The minimum Gasteiger partial charge on any atom is -0.398 e. The van der Waals surface area contributed by atoms with Crippen LogP contribution in [0.5, 0.6) is 0 Å². The van der Waals surface area contributed by atoms with Gasteiger partial charge in [-0.3, -0.25) is 0 Å². The fourth-order valence-electron chi connectivity index (χ4n) is 1.53. The molecule has 0 radical (unpaired) electrons. The molecule has 1 aromatic heterocycles. The van der Waals surface area contributed by atoms with Crippen molar-refractivity contribution in [2.45, 2.75) is 5.75 Å². The Kier molecular flexibility index (Phi) is 2.44. The van der Waals surface area contributed by atoms with Crippen molar-refractivity contribution in [3.8, 4) is 0 Å². The molecule has 0 spiro atoms. The number of nitrogens with two attached hydrogens (primary N) is 1. The van der Waals surface area contributed by atoms with Gasteiger partial charge >= 0.3 is 0 Å². The van der Waals surface area contributed by atoms with E-state index < -0.39 is 9.84 Å². The van der Waals surface area contributed by atoms with Gasteiger partial charge in [0.2, 0.25) is 0 Å². The van der Waals surface area contributed by atoms with Gasteiger partial charge in [0.05, 0.1) is 10.5 Å². The molecule has 80 valence electrons. The Labute approximate surface area is 92.4 Å². The van der Waals surface area contributed by atoms with Crippen LogP contribution in [0, 0.1) is 0 Å². The molecule has 0 bridgehead atoms. The predicted molar refractivity (Wildman–Crippen MR) is 64.8 cm³/mol. The number of thiophene rings is 1. The van der Waals surface area contributed by atoms with Crippen LogP contribution in [0.4, 0.5) is 5.69 Å². The zero-order valence-electron chi connectivity index (χ0n) is 8.23. The van der Waals surface area contributed by atoms with E-state index in [0.29, 0.717) is 5.69 Å². The Morgan fingerprint density at radius 2 is 2.13 bits per heavy atom. The van der Waals surface area contributed by atoms with Gasteiger partial charge in [-0.25, -0.2) is 8.42 Å². The molecule has 15 heavy (non-hydrogen) atoms. The average Bonchev–Trinajstić information content (AvgIpc) is 2.48. The molecule has 0 fully saturated rings. The molecular weight excluding hydrogens is 230 g/mol. The third kappa shape index (κ3) is 2.13. The van der Waals surface area contributed by atoms with E-state index in [9.17, 15) is 8.42 Å². The molecule has 2 N–H and O–H groups in total. The van der Waals surface area contributed by atoms with Gasteiger partial charge in [-0.1, -0.05) is 12.1 Å². The second kappa shape index (κ2) is 3.50. The normalized spacial score (nSPS) is 12.1. The Morgan fingerprint density at radius 3 is 2.80 bits per heavy atom. The minimum absolute atomic E-state index is 0.0798. The van der Waals surface area contributed by atoms with Crippen molar-refractivity contribution in [1.82, 2.24) is 0 Å². The third-order valence-corrected chi connectivity index (χ3v) is 4.06. The molecule has 0 aliphatic rings. The number of nitrogen functional groups attached to an aromatic ring is 1. The van der Waals surface area contributed by atoms with Gasteiger partial charge in [-0.05, 0) is 22.4 Å². The second-order valence-electron chi connectivity index (χ2n) is 3.55. The fourth-order valence-corrected chi connectivity index (χ4v) is 3.44. The maximum absolute atomic E-state index is 11.2. The zero-order chi connectivity index (χ0) is 11.1. The molecule has 5 heteroatoms. The van der Waals surface area contributed by atoms with Crippen molar-refractivity contribution in [2.24, 2.45) is 0 Å². The topological polar surface area (TPSA) is 60.2 Å². The maximum atomic E-state index is 11.2. The third-order valence-electron chi connectivity index (χ3n) is 2.13. The van der Waals surface area contributed by atoms with Crippen molar-refractivity contribution in [1.29, 1.82) is 0 Å². The molecule has 1 aromatic carbocycles. The first-order valence-corrected chi connectivity index (χ1v) is 7.34. The summed E-state index contributed by atoms with van der Waals surface area (Å²) in [6, 6.07) is 5.57. The van der Waals surface area contributed by atoms with Crippen LogP contribution in [0.25, 0.3) is 10.1 Å². The van der Waals surface area contributed by atoms with Gasteiger partial charge in [0, 0.05) is 11.9 Å². The van der Waals surface area contributed by atoms with Gasteiger partial charge in [0.25, 0.3) is 0 Å². The van der Waals surface area contributed by atoms with Crippen molar-refractivity contribution < 1.29 is 8.42 Å². The maximum Gasteiger partial charge on any atom is 0.151 e. The van der Waals surface area contributed by atoms with Crippen LogP contribution in [0.1, 0.15) is 5.56 Å². The first-order chi connectivity index (χ1) is 6.97. The lowest BCUT2D eigenvalue weighted by Crippen LogP contribution is -1.99. The summed E-state index contributed by atoms with van der Waals surface area (Å²) >= 11 is 1.49. The molecule has 0 saturated heterocycles. The van der Waals surface area contributed by atoms with Crippen LogP contribution in [-0.2, 0) is 15.6 Å². The molecule has 0 unspecified atom stereocenters. The summed E-state index contributed by atoms with van der Waals surface area (Å²) in [5.74, 6) is 0.0798. The highest BCUT2D eigenvalue weighted by Gasteiger charge is 2.10. The second-order valence-corrected chi connectivity index (χ2v) is 6.57. The summed E-state index contributed by atoms with van der Waals surface area (Å²) in [6.45, 7) is 0. The Balaban J connectivity index is 2.60. The van der Waals surface area contributed by atoms with Crippen LogP contribution >= 0.6 is 11.3 Å². The van der Waals surface area contributed by atoms with E-state index in [1.807, 2.05) is 23.6 Å². The molecular formula is C10H11NO2S2. The van der Waals surface area contributed by atoms with Crippen molar-refractivity contribution in [3.63, 3.8) is 0 Å². The van der Waals surface area contributed by atoms with Crippen molar-refractivity contribution in [3.05, 3.63) is 29.1 Å². The van der Waals surface area contributed by atoms with Gasteiger partial charge in [-0.2, -0.15) is 0 Å². The van der Waals surface area contributed by atoms with E-state index in [4.69, 9.17) is 5.73 Å². The number of benzene rings is 1. The monoisotopic (exact) mass is 241 g/mol. The SMILES string of the molecule is CS(=O)(=O)Cc1csc2c(N)cccc12. The zero-order valence-corrected chi connectivity index (χ0v) is 9.86. The highest BCUT2D eigenvalue weighted by Crippen LogP contribution is 2.31. The van der Waals surface area contributed by atoms with Gasteiger partial charge in [0.1, 0.15) is 0 Å². The smallest absolute Gasteiger partial charge is 0.151 e. The number of sulfone groups is 1. The minimum atomic E-state index is -2.99. The molecule has 0 atom stereocenters. The van der Waals surface area contributed by atoms with Gasteiger partial charge in [0.15, 0.2) is 9.84 Å². The molecule has 0 saturated carbocycles. The highest BCUT2D eigenvalue weighted by molar-refractivity contribution is 7.89. The van der Waals surface area contributed by atoms with Crippen LogP contribution in [0.2, 0.25) is 0 Å². The van der Waals surface area contributed by atoms with Crippen molar-refractivity contribution in [2.75, 3.05) is 12.0 Å². The molecule has 0 aliphatic heterocycles. The largest absolute Gasteiger partial charge is 0.398 e. The molecule has 0 amide bonds. The summed E-state index contributed by atoms with van der Waals surface area (Å²) in [5, 5.41) is 2.81. The molecule has 1 heterocycles. The first-order valence-electron chi connectivity index (χ1n) is 4.40. The standard InChI is InChI=1S/C10H11NO2S2/c1-15(12,13)6-7-5-14-10-8(7)3-2-4-9(10)11/h2-5H,6,11H2,1H3. The predicted octanol–water partition coefficient (Wildman–Crippen LogP) is 2.03. The molecule has 3 nitrogen and oxygen atoms in total. The van der Waals surface area contributed by atoms with E-state index in [1.54, 1.807) is 0 Å². The van der Waals surface area contributed by atoms with E-state index in [1.165, 1.54) is 17.6 Å². The van der Waals surface area contributed by atoms with Crippen LogP contribution in [-0.4, -0.2) is 14.7 Å². The quantitative estimate of drug-likeness (QED) is 0.818. The molecule has 2 rings (SSSR count). The average molecular weight is 241 g/mol. The van der Waals surface area contributed by atoms with E-state index >= 15 is 0 Å². The number of fused-ring (bicyclic) bond motifs is 1. The first kappa shape index (κ1) is 10.4. The van der Waals surface area contributed by atoms with E-state index in [-0.39, 0.29) is 5.75 Å². The number of hydrogen-bond donors (Lipinski definition) is 1. The van der Waals surface area contributed by atoms with E-state index in [2.05, 4.69) is 0 Å².